The number of carboxylic acid groups (broad SMARTS) is 1. The van der Waals surface area contributed by atoms with E-state index >= 15 is 0 Å². The molecule has 1 aliphatic heterocycles. The van der Waals surface area contributed by atoms with Crippen LogP contribution in [-0.2, 0) is 9.59 Å². The molecule has 0 radical (unpaired) electrons. The number of amides is 2. The topological polar surface area (TPSA) is 116 Å². The maximum Gasteiger partial charge on any atom is 0.322 e. The van der Waals surface area contributed by atoms with Gasteiger partial charge in [-0.2, -0.15) is 0 Å². The van der Waals surface area contributed by atoms with Crippen molar-refractivity contribution in [3.63, 3.8) is 0 Å². The third-order valence-corrected chi connectivity index (χ3v) is 7.86. The second-order valence-electron chi connectivity index (χ2n) is 10.6. The molecule has 9 heteroatoms. The molecule has 1 saturated carbocycles. The van der Waals surface area contributed by atoms with Crippen LogP contribution in [0.1, 0.15) is 73.9 Å². The Hall–Kier alpha value is -3.20. The van der Waals surface area contributed by atoms with Crippen LogP contribution in [-0.4, -0.2) is 65.0 Å². The Morgan fingerprint density at radius 2 is 1.92 bits per heavy atom. The molecule has 0 spiro atoms. The van der Waals surface area contributed by atoms with Gasteiger partial charge in [0.05, 0.1) is 6.26 Å². The van der Waals surface area contributed by atoms with Crippen molar-refractivity contribution in [2.45, 2.75) is 70.8 Å². The largest absolute Gasteiger partial charge is 0.480 e. The number of pyridine rings is 1. The SMILES string of the molecule is Cc1ccc(N(C(=O)c2ccco2)C2CCN(CCC3(CC(=O)NCC(=O)O)CCCCC3)CC2)nc1. The molecule has 9 nitrogen and oxygen atoms in total. The zero-order valence-corrected chi connectivity index (χ0v) is 21.7. The Morgan fingerprint density at radius 3 is 2.54 bits per heavy atom. The Kier molecular flexibility index (Phi) is 8.97. The van der Waals surface area contributed by atoms with E-state index in [1.807, 2.05) is 19.1 Å². The van der Waals surface area contributed by atoms with Crippen molar-refractivity contribution in [2.24, 2.45) is 5.41 Å². The van der Waals surface area contributed by atoms with Gasteiger partial charge in [0.15, 0.2) is 5.76 Å². The van der Waals surface area contributed by atoms with E-state index in [4.69, 9.17) is 9.52 Å². The monoisotopic (exact) mass is 510 g/mol. The maximum atomic E-state index is 13.3. The quantitative estimate of drug-likeness (QED) is 0.496. The molecule has 2 aromatic heterocycles. The molecule has 0 atom stereocenters. The van der Waals surface area contributed by atoms with Crippen LogP contribution in [0.15, 0.2) is 41.1 Å². The summed E-state index contributed by atoms with van der Waals surface area (Å²) >= 11 is 0. The van der Waals surface area contributed by atoms with Crippen LogP contribution in [0.4, 0.5) is 5.82 Å². The lowest BCUT2D eigenvalue weighted by atomic mass is 9.69. The number of anilines is 1. The number of piperidine rings is 1. The van der Waals surface area contributed by atoms with Crippen molar-refractivity contribution in [1.82, 2.24) is 15.2 Å². The summed E-state index contributed by atoms with van der Waals surface area (Å²) in [5, 5.41) is 11.4. The molecule has 37 heavy (non-hydrogen) atoms. The molecule has 2 N–H and O–H groups in total. The number of aromatic nitrogens is 1. The maximum absolute atomic E-state index is 13.3. The first kappa shape index (κ1) is 26.9. The average molecular weight is 511 g/mol. The molecule has 2 amide bonds. The number of likely N-dealkylation sites (tertiary alicyclic amines) is 1. The highest BCUT2D eigenvalue weighted by Crippen LogP contribution is 2.42. The van der Waals surface area contributed by atoms with Crippen LogP contribution in [0.2, 0.25) is 0 Å². The smallest absolute Gasteiger partial charge is 0.322 e. The predicted octanol–water partition coefficient (Wildman–Crippen LogP) is 4.03. The van der Waals surface area contributed by atoms with E-state index in [0.29, 0.717) is 18.0 Å². The molecular formula is C28H38N4O5. The van der Waals surface area contributed by atoms with Crippen molar-refractivity contribution < 1.29 is 23.9 Å². The molecule has 0 bridgehead atoms. The average Bonchev–Trinajstić information content (AvgIpc) is 3.44. The molecule has 2 aromatic rings. The summed E-state index contributed by atoms with van der Waals surface area (Å²) < 4.78 is 5.42. The highest BCUT2D eigenvalue weighted by Gasteiger charge is 2.36. The highest BCUT2D eigenvalue weighted by atomic mass is 16.4. The van der Waals surface area contributed by atoms with Crippen LogP contribution >= 0.6 is 0 Å². The van der Waals surface area contributed by atoms with Crippen LogP contribution in [0.5, 0.6) is 0 Å². The first-order valence-corrected chi connectivity index (χ1v) is 13.4. The van der Waals surface area contributed by atoms with Gasteiger partial charge < -0.3 is 19.7 Å². The van der Waals surface area contributed by atoms with Crippen molar-refractivity contribution in [3.8, 4) is 0 Å². The third kappa shape index (κ3) is 7.19. The van der Waals surface area contributed by atoms with Crippen molar-refractivity contribution in [3.05, 3.63) is 48.0 Å². The summed E-state index contributed by atoms with van der Waals surface area (Å²) in [7, 11) is 0. The number of aryl methyl sites for hydroxylation is 1. The number of rotatable bonds is 10. The number of nitrogens with zero attached hydrogens (tertiary/aromatic N) is 3. The predicted molar refractivity (Wildman–Crippen MR) is 139 cm³/mol. The van der Waals surface area contributed by atoms with Gasteiger partial charge in [0, 0.05) is 31.7 Å². The van der Waals surface area contributed by atoms with Crippen molar-refractivity contribution in [2.75, 3.05) is 31.1 Å². The fourth-order valence-electron chi connectivity index (χ4n) is 5.77. The molecule has 0 aromatic carbocycles. The van der Waals surface area contributed by atoms with E-state index in [1.165, 1.54) is 12.7 Å². The molecule has 0 unspecified atom stereocenters. The summed E-state index contributed by atoms with van der Waals surface area (Å²) in [4.78, 5) is 45.4. The Morgan fingerprint density at radius 1 is 1.16 bits per heavy atom. The van der Waals surface area contributed by atoms with Gasteiger partial charge >= 0.3 is 5.97 Å². The lowest BCUT2D eigenvalue weighted by Gasteiger charge is -2.41. The second-order valence-corrected chi connectivity index (χ2v) is 10.6. The first-order chi connectivity index (χ1) is 17.8. The van der Waals surface area contributed by atoms with E-state index < -0.39 is 5.97 Å². The number of carboxylic acids is 1. The first-order valence-electron chi connectivity index (χ1n) is 13.4. The number of nitrogens with one attached hydrogen (secondary N) is 1. The van der Waals surface area contributed by atoms with Gasteiger partial charge in [0.1, 0.15) is 12.4 Å². The fraction of sp³-hybridized carbons (Fsp3) is 0.571. The number of carbonyl (C=O) groups excluding carboxylic acids is 2. The molecule has 2 aliphatic rings. The Labute approximate surface area is 218 Å². The lowest BCUT2D eigenvalue weighted by Crippen LogP contribution is -2.48. The van der Waals surface area contributed by atoms with Crippen molar-refractivity contribution >= 4 is 23.6 Å². The third-order valence-electron chi connectivity index (χ3n) is 7.86. The Bertz CT molecular complexity index is 1040. The summed E-state index contributed by atoms with van der Waals surface area (Å²) in [5.74, 6) is -0.410. The number of furan rings is 1. The van der Waals surface area contributed by atoms with Gasteiger partial charge in [-0.05, 0) is 74.8 Å². The lowest BCUT2D eigenvalue weighted by molar-refractivity contribution is -0.138. The van der Waals surface area contributed by atoms with E-state index in [1.54, 1.807) is 23.2 Å². The standard InChI is InChI=1S/C28H38N4O5/c1-21-7-8-24(29-19-21)32(27(36)23-6-5-17-37-23)22-9-14-31(15-10-22)16-13-28(11-3-2-4-12-28)18-25(33)30-20-26(34)35/h5-8,17,19,22H,2-4,9-16,18,20H2,1H3,(H,30,33)(H,34,35). The number of hydrogen-bond acceptors (Lipinski definition) is 6. The number of hydrogen-bond donors (Lipinski definition) is 2. The minimum atomic E-state index is -1.02. The summed E-state index contributed by atoms with van der Waals surface area (Å²) in [6, 6.07) is 7.30. The van der Waals surface area contributed by atoms with E-state index in [-0.39, 0.29) is 29.8 Å². The summed E-state index contributed by atoms with van der Waals surface area (Å²) in [5.41, 5.74) is 0.974. The van der Waals surface area contributed by atoms with Crippen molar-refractivity contribution in [1.29, 1.82) is 0 Å². The van der Waals surface area contributed by atoms with Crippen LogP contribution < -0.4 is 10.2 Å². The van der Waals surface area contributed by atoms with E-state index in [2.05, 4.69) is 15.2 Å². The van der Waals surface area contributed by atoms with Crippen LogP contribution in [0.25, 0.3) is 0 Å². The van der Waals surface area contributed by atoms with Gasteiger partial charge in [-0.3, -0.25) is 19.3 Å². The summed E-state index contributed by atoms with van der Waals surface area (Å²) in [6.45, 7) is 4.27. The highest BCUT2D eigenvalue weighted by molar-refractivity contribution is 6.04. The van der Waals surface area contributed by atoms with Gasteiger partial charge in [0.25, 0.3) is 5.91 Å². The van der Waals surface area contributed by atoms with Gasteiger partial charge in [-0.1, -0.05) is 25.3 Å². The van der Waals surface area contributed by atoms with Gasteiger partial charge in [0.2, 0.25) is 5.91 Å². The zero-order valence-electron chi connectivity index (χ0n) is 21.7. The van der Waals surface area contributed by atoms with Crippen LogP contribution in [0, 0.1) is 12.3 Å². The van der Waals surface area contributed by atoms with E-state index in [0.717, 1.165) is 70.1 Å². The molecule has 1 aliphatic carbocycles. The van der Waals surface area contributed by atoms with Crippen LogP contribution in [0.3, 0.4) is 0 Å². The minimum Gasteiger partial charge on any atom is -0.480 e. The van der Waals surface area contributed by atoms with E-state index in [9.17, 15) is 14.4 Å². The molecule has 4 rings (SSSR count). The zero-order chi connectivity index (χ0) is 26.3. The van der Waals surface area contributed by atoms with Gasteiger partial charge in [-0.15, -0.1) is 0 Å². The fourth-order valence-corrected chi connectivity index (χ4v) is 5.77. The minimum absolute atomic E-state index is 0.0227. The molecule has 2 fully saturated rings. The Balaban J connectivity index is 1.37. The van der Waals surface area contributed by atoms with Gasteiger partial charge in [-0.25, -0.2) is 4.98 Å². The molecule has 200 valence electrons. The second kappa shape index (κ2) is 12.4. The summed E-state index contributed by atoms with van der Waals surface area (Å²) in [6.07, 6.45) is 11.7. The molecule has 1 saturated heterocycles. The molecular weight excluding hydrogens is 472 g/mol. The number of carbonyl (C=O) groups is 3. The number of aliphatic carboxylic acids is 1. The molecule has 3 heterocycles. The normalized spacial score (nSPS) is 18.3.